The van der Waals surface area contributed by atoms with E-state index < -0.39 is 0 Å². The number of aromatic nitrogens is 3. The zero-order valence-corrected chi connectivity index (χ0v) is 16.4. The molecule has 1 aromatic carbocycles. The normalized spacial score (nSPS) is 19.9. The lowest BCUT2D eigenvalue weighted by molar-refractivity contribution is 0.140. The average Bonchev–Trinajstić information content (AvgIpc) is 3.22. The van der Waals surface area contributed by atoms with Crippen molar-refractivity contribution in [2.75, 3.05) is 18.1 Å². The summed E-state index contributed by atoms with van der Waals surface area (Å²) in [5, 5.41) is 0. The lowest BCUT2D eigenvalue weighted by Gasteiger charge is -2.27. The van der Waals surface area contributed by atoms with Crippen LogP contribution in [0.25, 0.3) is 22.4 Å². The van der Waals surface area contributed by atoms with Gasteiger partial charge >= 0.3 is 0 Å². The number of anilines is 1. The average molecular weight is 364 g/mol. The van der Waals surface area contributed by atoms with Gasteiger partial charge in [0.25, 0.3) is 0 Å². The van der Waals surface area contributed by atoms with Crippen molar-refractivity contribution in [3.05, 3.63) is 42.6 Å². The fourth-order valence-electron chi connectivity index (χ4n) is 4.14. The van der Waals surface area contributed by atoms with Crippen molar-refractivity contribution in [1.82, 2.24) is 14.5 Å². The quantitative estimate of drug-likeness (QED) is 0.604. The molecule has 27 heavy (non-hydrogen) atoms. The van der Waals surface area contributed by atoms with Crippen molar-refractivity contribution in [3.63, 3.8) is 0 Å². The minimum absolute atomic E-state index is 0.550. The SMILES string of the molecule is CCOCCn1c(-c2ccc(N3[C@@H](C)CC[C@@H]3C)nc2)nc2ccccc21. The van der Waals surface area contributed by atoms with Crippen LogP contribution >= 0.6 is 0 Å². The van der Waals surface area contributed by atoms with Crippen LogP contribution in [0, 0.1) is 0 Å². The fraction of sp³-hybridized carbons (Fsp3) is 0.455. The van der Waals surface area contributed by atoms with E-state index in [9.17, 15) is 0 Å². The van der Waals surface area contributed by atoms with Gasteiger partial charge in [0.2, 0.25) is 0 Å². The molecule has 3 heterocycles. The van der Waals surface area contributed by atoms with Crippen molar-refractivity contribution >= 4 is 16.9 Å². The second-order valence-electron chi connectivity index (χ2n) is 7.36. The molecule has 1 saturated heterocycles. The maximum atomic E-state index is 5.59. The largest absolute Gasteiger partial charge is 0.380 e. The summed E-state index contributed by atoms with van der Waals surface area (Å²) in [4.78, 5) is 12.1. The smallest absolute Gasteiger partial charge is 0.142 e. The van der Waals surface area contributed by atoms with E-state index in [-0.39, 0.29) is 0 Å². The number of para-hydroxylation sites is 2. The van der Waals surface area contributed by atoms with Gasteiger partial charge in [-0.1, -0.05) is 12.1 Å². The van der Waals surface area contributed by atoms with Gasteiger partial charge in [0.05, 0.1) is 17.6 Å². The summed E-state index contributed by atoms with van der Waals surface area (Å²) in [6, 6.07) is 13.7. The number of pyridine rings is 1. The fourth-order valence-corrected chi connectivity index (χ4v) is 4.14. The van der Waals surface area contributed by atoms with E-state index in [0.29, 0.717) is 18.7 Å². The number of hydrogen-bond donors (Lipinski definition) is 0. The molecule has 0 aliphatic carbocycles. The molecule has 0 amide bonds. The number of nitrogens with zero attached hydrogens (tertiary/aromatic N) is 4. The van der Waals surface area contributed by atoms with E-state index in [1.54, 1.807) is 0 Å². The summed E-state index contributed by atoms with van der Waals surface area (Å²) in [7, 11) is 0. The Morgan fingerprint density at radius 2 is 1.85 bits per heavy atom. The third kappa shape index (κ3) is 3.44. The molecule has 0 bridgehead atoms. The van der Waals surface area contributed by atoms with Gasteiger partial charge < -0.3 is 14.2 Å². The summed E-state index contributed by atoms with van der Waals surface area (Å²) in [6.45, 7) is 8.78. The van der Waals surface area contributed by atoms with Crippen LogP contribution in [0.3, 0.4) is 0 Å². The Labute approximate surface area is 161 Å². The lowest BCUT2D eigenvalue weighted by Crippen LogP contribution is -2.33. The summed E-state index contributed by atoms with van der Waals surface area (Å²) in [6.07, 6.45) is 4.43. The minimum Gasteiger partial charge on any atom is -0.380 e. The van der Waals surface area contributed by atoms with E-state index >= 15 is 0 Å². The molecule has 0 radical (unpaired) electrons. The van der Waals surface area contributed by atoms with Crippen LogP contribution in [0.4, 0.5) is 5.82 Å². The topological polar surface area (TPSA) is 43.2 Å². The van der Waals surface area contributed by atoms with Crippen LogP contribution in [0.15, 0.2) is 42.6 Å². The molecule has 0 spiro atoms. The standard InChI is InChI=1S/C22H28N4O/c1-4-27-14-13-25-20-8-6-5-7-19(20)24-22(25)18-11-12-21(23-15-18)26-16(2)9-10-17(26)3/h5-8,11-12,15-17H,4,9-10,13-14H2,1-3H3/t16-,17-/m0/s1. The van der Waals surface area contributed by atoms with Crippen molar-refractivity contribution < 1.29 is 4.74 Å². The summed E-state index contributed by atoms with van der Waals surface area (Å²) < 4.78 is 7.82. The molecule has 3 aromatic rings. The molecule has 4 rings (SSSR count). The molecule has 0 unspecified atom stereocenters. The van der Waals surface area contributed by atoms with Crippen molar-refractivity contribution in [2.24, 2.45) is 0 Å². The van der Waals surface area contributed by atoms with Gasteiger partial charge in [-0.2, -0.15) is 0 Å². The van der Waals surface area contributed by atoms with E-state index in [0.717, 1.165) is 41.4 Å². The number of imidazole rings is 1. The first-order valence-electron chi connectivity index (χ1n) is 9.96. The van der Waals surface area contributed by atoms with Crippen molar-refractivity contribution in [2.45, 2.75) is 52.2 Å². The van der Waals surface area contributed by atoms with Gasteiger partial charge in [0, 0.05) is 37.0 Å². The van der Waals surface area contributed by atoms with Crippen LogP contribution in [0.5, 0.6) is 0 Å². The molecule has 1 fully saturated rings. The molecule has 2 aromatic heterocycles. The van der Waals surface area contributed by atoms with Gasteiger partial charge in [-0.15, -0.1) is 0 Å². The highest BCUT2D eigenvalue weighted by Crippen LogP contribution is 2.30. The molecule has 1 aliphatic rings. The predicted molar refractivity (Wildman–Crippen MR) is 110 cm³/mol. The first-order valence-corrected chi connectivity index (χ1v) is 9.96. The molecule has 142 valence electrons. The van der Waals surface area contributed by atoms with E-state index in [2.05, 4.69) is 53.6 Å². The Hall–Kier alpha value is -2.40. The Morgan fingerprint density at radius 1 is 1.07 bits per heavy atom. The molecular formula is C22H28N4O. The molecule has 0 saturated carbocycles. The van der Waals surface area contributed by atoms with E-state index in [4.69, 9.17) is 14.7 Å². The zero-order valence-electron chi connectivity index (χ0n) is 16.4. The Kier molecular flexibility index (Phi) is 5.12. The summed E-state index contributed by atoms with van der Waals surface area (Å²) >= 11 is 0. The maximum absolute atomic E-state index is 5.59. The second-order valence-corrected chi connectivity index (χ2v) is 7.36. The van der Waals surface area contributed by atoms with Crippen LogP contribution < -0.4 is 4.90 Å². The molecule has 5 nitrogen and oxygen atoms in total. The first kappa shape index (κ1) is 18.0. The van der Waals surface area contributed by atoms with Gasteiger partial charge in [-0.3, -0.25) is 0 Å². The van der Waals surface area contributed by atoms with Crippen molar-refractivity contribution in [1.29, 1.82) is 0 Å². The summed E-state index contributed by atoms with van der Waals surface area (Å²) in [5.74, 6) is 2.02. The van der Waals surface area contributed by atoms with Crippen LogP contribution in [-0.4, -0.2) is 39.8 Å². The number of ether oxygens (including phenoxy) is 1. The summed E-state index contributed by atoms with van der Waals surface area (Å²) in [5.41, 5.74) is 3.19. The number of rotatable bonds is 6. The zero-order chi connectivity index (χ0) is 18.8. The molecule has 1 aliphatic heterocycles. The van der Waals surface area contributed by atoms with Crippen LogP contribution in [0.1, 0.15) is 33.6 Å². The first-order chi connectivity index (χ1) is 13.2. The van der Waals surface area contributed by atoms with Gasteiger partial charge in [0.1, 0.15) is 11.6 Å². The number of fused-ring (bicyclic) bond motifs is 1. The van der Waals surface area contributed by atoms with Crippen LogP contribution in [-0.2, 0) is 11.3 Å². The molecule has 2 atom stereocenters. The molecule has 5 heteroatoms. The monoisotopic (exact) mass is 364 g/mol. The Morgan fingerprint density at radius 3 is 2.56 bits per heavy atom. The highest BCUT2D eigenvalue weighted by Gasteiger charge is 2.28. The third-order valence-corrected chi connectivity index (χ3v) is 5.54. The second kappa shape index (κ2) is 7.69. The Bertz CT molecular complexity index is 892. The van der Waals surface area contributed by atoms with Crippen LogP contribution in [0.2, 0.25) is 0 Å². The maximum Gasteiger partial charge on any atom is 0.142 e. The lowest BCUT2D eigenvalue weighted by atomic mass is 10.2. The number of hydrogen-bond acceptors (Lipinski definition) is 4. The van der Waals surface area contributed by atoms with E-state index in [1.165, 1.54) is 12.8 Å². The third-order valence-electron chi connectivity index (χ3n) is 5.54. The number of benzene rings is 1. The Balaban J connectivity index is 1.68. The van der Waals surface area contributed by atoms with Gasteiger partial charge in [0.15, 0.2) is 0 Å². The predicted octanol–water partition coefficient (Wildman–Crippen LogP) is 4.51. The molecule has 0 N–H and O–H groups in total. The van der Waals surface area contributed by atoms with E-state index in [1.807, 2.05) is 19.2 Å². The molecular weight excluding hydrogens is 336 g/mol. The van der Waals surface area contributed by atoms with Gasteiger partial charge in [-0.25, -0.2) is 9.97 Å². The minimum atomic E-state index is 0.550. The highest BCUT2D eigenvalue weighted by molar-refractivity contribution is 5.80. The van der Waals surface area contributed by atoms with Crippen molar-refractivity contribution in [3.8, 4) is 11.4 Å². The van der Waals surface area contributed by atoms with Gasteiger partial charge in [-0.05, 0) is 57.9 Å². The highest BCUT2D eigenvalue weighted by atomic mass is 16.5.